The van der Waals surface area contributed by atoms with E-state index in [2.05, 4.69) is 15.4 Å². The highest BCUT2D eigenvalue weighted by molar-refractivity contribution is 6.33. The lowest BCUT2D eigenvalue weighted by Crippen LogP contribution is -2.34. The molecule has 0 saturated heterocycles. The first-order chi connectivity index (χ1) is 8.52. The number of amides is 2. The van der Waals surface area contributed by atoms with Crippen molar-refractivity contribution in [1.29, 1.82) is 0 Å². The summed E-state index contributed by atoms with van der Waals surface area (Å²) in [5.74, 6) is -1.05. The Kier molecular flexibility index (Phi) is 5.38. The summed E-state index contributed by atoms with van der Waals surface area (Å²) in [6.45, 7) is 1.65. The molecular weight excluding hydrogens is 263 g/mol. The molecule has 0 bridgehead atoms. The van der Waals surface area contributed by atoms with Crippen LogP contribution < -0.4 is 10.6 Å². The number of esters is 1. The lowest BCUT2D eigenvalue weighted by molar-refractivity contribution is -0.141. The highest BCUT2D eigenvalue weighted by Gasteiger charge is 2.08. The van der Waals surface area contributed by atoms with E-state index in [0.717, 1.165) is 12.1 Å². The summed E-state index contributed by atoms with van der Waals surface area (Å²) in [6.07, 6.45) is 0. The fourth-order valence-corrected chi connectivity index (χ4v) is 1.34. The highest BCUT2D eigenvalue weighted by Crippen LogP contribution is 2.21. The van der Waals surface area contributed by atoms with Gasteiger partial charge in [-0.25, -0.2) is 9.18 Å². The van der Waals surface area contributed by atoms with Crippen molar-refractivity contribution in [3.63, 3.8) is 0 Å². The summed E-state index contributed by atoms with van der Waals surface area (Å²) in [5.41, 5.74) is 0.249. The molecule has 0 radical (unpaired) electrons. The second-order valence-corrected chi connectivity index (χ2v) is 3.64. The molecule has 0 aliphatic heterocycles. The van der Waals surface area contributed by atoms with E-state index in [1.54, 1.807) is 6.92 Å². The first kappa shape index (κ1) is 14.2. The molecule has 5 nitrogen and oxygen atoms in total. The molecule has 1 aromatic rings. The van der Waals surface area contributed by atoms with E-state index >= 15 is 0 Å². The minimum atomic E-state index is -0.628. The topological polar surface area (TPSA) is 67.4 Å². The molecule has 0 unspecified atom stereocenters. The van der Waals surface area contributed by atoms with Crippen LogP contribution in [0.2, 0.25) is 5.02 Å². The Morgan fingerprint density at radius 2 is 2.17 bits per heavy atom. The van der Waals surface area contributed by atoms with Gasteiger partial charge in [0.25, 0.3) is 0 Å². The number of nitrogens with one attached hydrogen (secondary N) is 2. The molecule has 18 heavy (non-hydrogen) atoms. The molecule has 2 amide bonds. The fourth-order valence-electron chi connectivity index (χ4n) is 1.12. The van der Waals surface area contributed by atoms with Crippen LogP contribution in [0, 0.1) is 5.82 Å². The third-order valence-corrected chi connectivity index (χ3v) is 2.19. The minimum Gasteiger partial charge on any atom is -0.465 e. The maximum absolute atomic E-state index is 12.7. The summed E-state index contributed by atoms with van der Waals surface area (Å²) < 4.78 is 17.4. The van der Waals surface area contributed by atoms with Gasteiger partial charge < -0.3 is 15.4 Å². The third-order valence-electron chi connectivity index (χ3n) is 1.88. The van der Waals surface area contributed by atoms with E-state index in [4.69, 9.17) is 11.6 Å². The van der Waals surface area contributed by atoms with Gasteiger partial charge in [-0.05, 0) is 25.1 Å². The van der Waals surface area contributed by atoms with E-state index in [1.165, 1.54) is 6.07 Å². The molecule has 2 N–H and O–H groups in total. The number of hydrogen-bond acceptors (Lipinski definition) is 3. The first-order valence-corrected chi connectivity index (χ1v) is 5.56. The smallest absolute Gasteiger partial charge is 0.325 e. The zero-order valence-corrected chi connectivity index (χ0v) is 10.4. The summed E-state index contributed by atoms with van der Waals surface area (Å²) in [6, 6.07) is 2.92. The SMILES string of the molecule is CCOC(=O)CNC(=O)Nc1ccc(F)cc1Cl. The normalized spacial score (nSPS) is 9.72. The molecule has 0 aliphatic rings. The Morgan fingerprint density at radius 3 is 2.78 bits per heavy atom. The molecule has 7 heteroatoms. The van der Waals surface area contributed by atoms with Gasteiger partial charge in [0.2, 0.25) is 0 Å². The Bertz CT molecular complexity index is 454. The van der Waals surface area contributed by atoms with E-state index < -0.39 is 17.8 Å². The monoisotopic (exact) mass is 274 g/mol. The van der Waals surface area contributed by atoms with E-state index in [1.807, 2.05) is 0 Å². The van der Waals surface area contributed by atoms with Crippen LogP contribution in [-0.2, 0) is 9.53 Å². The zero-order valence-electron chi connectivity index (χ0n) is 9.63. The quantitative estimate of drug-likeness (QED) is 0.827. The van der Waals surface area contributed by atoms with Crippen LogP contribution in [0.4, 0.5) is 14.9 Å². The number of ether oxygens (including phenoxy) is 1. The van der Waals surface area contributed by atoms with Crippen molar-refractivity contribution in [3.8, 4) is 0 Å². The lowest BCUT2D eigenvalue weighted by Gasteiger charge is -2.08. The first-order valence-electron chi connectivity index (χ1n) is 5.18. The predicted molar refractivity (Wildman–Crippen MR) is 65.1 cm³/mol. The van der Waals surface area contributed by atoms with E-state index in [0.29, 0.717) is 0 Å². The standard InChI is InChI=1S/C11H12ClFN2O3/c1-2-18-10(16)6-14-11(17)15-9-4-3-7(13)5-8(9)12/h3-5H,2,6H2,1H3,(H2,14,15,17). The number of rotatable bonds is 4. The molecular formula is C11H12ClFN2O3. The molecule has 0 aliphatic carbocycles. The number of urea groups is 1. The molecule has 0 saturated carbocycles. The van der Waals surface area contributed by atoms with Crippen LogP contribution in [0.5, 0.6) is 0 Å². The van der Waals surface area contributed by atoms with Crippen LogP contribution in [0.15, 0.2) is 18.2 Å². The molecule has 0 aromatic heterocycles. The summed E-state index contributed by atoms with van der Waals surface area (Å²) >= 11 is 5.71. The summed E-state index contributed by atoms with van der Waals surface area (Å²) in [4.78, 5) is 22.3. The second kappa shape index (κ2) is 6.80. The van der Waals surface area contributed by atoms with Crippen molar-refractivity contribution in [2.24, 2.45) is 0 Å². The molecule has 98 valence electrons. The van der Waals surface area contributed by atoms with Gasteiger partial charge >= 0.3 is 12.0 Å². The molecule has 1 aromatic carbocycles. The third kappa shape index (κ3) is 4.58. The van der Waals surface area contributed by atoms with Crippen LogP contribution in [0.1, 0.15) is 6.92 Å². The van der Waals surface area contributed by atoms with Gasteiger partial charge in [-0.1, -0.05) is 11.6 Å². The Labute approximate surface area is 108 Å². The molecule has 0 fully saturated rings. The van der Waals surface area contributed by atoms with Gasteiger partial charge in [0.15, 0.2) is 0 Å². The zero-order chi connectivity index (χ0) is 13.5. The largest absolute Gasteiger partial charge is 0.465 e. The predicted octanol–water partition coefficient (Wildman–Crippen LogP) is 2.16. The Morgan fingerprint density at radius 1 is 1.44 bits per heavy atom. The number of halogens is 2. The average molecular weight is 275 g/mol. The number of anilines is 1. The molecule has 1 rings (SSSR count). The summed E-state index contributed by atoms with van der Waals surface area (Å²) in [7, 11) is 0. The number of carbonyl (C=O) groups is 2. The van der Waals surface area contributed by atoms with Crippen LogP contribution in [0.3, 0.4) is 0 Å². The van der Waals surface area contributed by atoms with Crippen LogP contribution in [-0.4, -0.2) is 25.2 Å². The van der Waals surface area contributed by atoms with Gasteiger partial charge in [-0.15, -0.1) is 0 Å². The van der Waals surface area contributed by atoms with Crippen molar-refractivity contribution in [1.82, 2.24) is 5.32 Å². The van der Waals surface area contributed by atoms with Gasteiger partial charge in [-0.2, -0.15) is 0 Å². The highest BCUT2D eigenvalue weighted by atomic mass is 35.5. The van der Waals surface area contributed by atoms with Gasteiger partial charge in [0.1, 0.15) is 12.4 Å². The number of carbonyl (C=O) groups excluding carboxylic acids is 2. The maximum atomic E-state index is 12.7. The molecule has 0 atom stereocenters. The van der Waals surface area contributed by atoms with Crippen molar-refractivity contribution < 1.29 is 18.7 Å². The second-order valence-electron chi connectivity index (χ2n) is 3.24. The van der Waals surface area contributed by atoms with Gasteiger partial charge in [0.05, 0.1) is 17.3 Å². The van der Waals surface area contributed by atoms with Crippen molar-refractivity contribution in [2.45, 2.75) is 6.92 Å². The van der Waals surface area contributed by atoms with Crippen molar-refractivity contribution in [3.05, 3.63) is 29.0 Å². The summed E-state index contributed by atoms with van der Waals surface area (Å²) in [5, 5.41) is 4.73. The van der Waals surface area contributed by atoms with Crippen molar-refractivity contribution in [2.75, 3.05) is 18.5 Å². The average Bonchev–Trinajstić information content (AvgIpc) is 2.31. The lowest BCUT2D eigenvalue weighted by atomic mass is 10.3. The van der Waals surface area contributed by atoms with Crippen LogP contribution >= 0.6 is 11.6 Å². The maximum Gasteiger partial charge on any atom is 0.325 e. The Balaban J connectivity index is 2.47. The van der Waals surface area contributed by atoms with E-state index in [-0.39, 0.29) is 23.9 Å². The number of hydrogen-bond donors (Lipinski definition) is 2. The van der Waals surface area contributed by atoms with Crippen molar-refractivity contribution >= 4 is 29.3 Å². The van der Waals surface area contributed by atoms with Gasteiger partial charge in [-0.3, -0.25) is 4.79 Å². The molecule has 0 heterocycles. The fraction of sp³-hybridized carbons (Fsp3) is 0.273. The van der Waals surface area contributed by atoms with E-state index in [9.17, 15) is 14.0 Å². The number of benzene rings is 1. The van der Waals surface area contributed by atoms with Gasteiger partial charge in [0, 0.05) is 0 Å². The Hall–Kier alpha value is -1.82. The minimum absolute atomic E-state index is 0.0706. The van der Waals surface area contributed by atoms with Crippen LogP contribution in [0.25, 0.3) is 0 Å². The molecule has 0 spiro atoms.